The molecule has 1 amide bonds. The zero-order chi connectivity index (χ0) is 46.2. The first-order valence-corrected chi connectivity index (χ1v) is 28.2. The normalized spacial score (nSPS) is 14.6. The number of phosphoric acid groups is 1. The second-order valence-corrected chi connectivity index (χ2v) is 19.7. The fourth-order valence-corrected chi connectivity index (χ4v) is 8.71. The molecule has 0 aromatic heterocycles. The van der Waals surface area contributed by atoms with E-state index < -0.39 is 38.6 Å². The van der Waals surface area contributed by atoms with Gasteiger partial charge in [-0.3, -0.25) is 13.8 Å². The van der Waals surface area contributed by atoms with E-state index in [1.54, 1.807) is 6.08 Å². The summed E-state index contributed by atoms with van der Waals surface area (Å²) < 4.78 is 22.2. The number of phosphoric ester groups is 1. The van der Waals surface area contributed by atoms with Gasteiger partial charge in [-0.25, -0.2) is 4.57 Å². The predicted octanol–water partition coefficient (Wildman–Crippen LogP) is 14.8. The molecule has 4 unspecified atom stereocenters. The van der Waals surface area contributed by atoms with Crippen LogP contribution in [0.2, 0.25) is 0 Å². The molecular formula is C53H103N2O7P. The molecule has 10 heteroatoms. The van der Waals surface area contributed by atoms with Gasteiger partial charge in [0.1, 0.15) is 0 Å². The van der Waals surface area contributed by atoms with E-state index >= 15 is 0 Å². The fourth-order valence-electron chi connectivity index (χ4n) is 7.95. The number of carbonyl (C=O) groups is 1. The first-order valence-electron chi connectivity index (χ1n) is 26.7. The number of amides is 1. The Kier molecular flexibility index (Phi) is 47.6. The van der Waals surface area contributed by atoms with Crippen molar-refractivity contribution in [1.82, 2.24) is 5.32 Å². The first kappa shape index (κ1) is 61.7. The van der Waals surface area contributed by atoms with E-state index in [0.717, 1.165) is 44.9 Å². The van der Waals surface area contributed by atoms with Gasteiger partial charge in [0, 0.05) is 6.54 Å². The van der Waals surface area contributed by atoms with E-state index in [2.05, 4.69) is 43.5 Å². The van der Waals surface area contributed by atoms with Gasteiger partial charge in [-0.2, -0.15) is 0 Å². The maximum absolute atomic E-state index is 12.9. The lowest BCUT2D eigenvalue weighted by molar-refractivity contribution is -0.124. The molecule has 0 aromatic carbocycles. The van der Waals surface area contributed by atoms with Crippen molar-refractivity contribution >= 4 is 13.7 Å². The van der Waals surface area contributed by atoms with Crippen LogP contribution >= 0.6 is 7.82 Å². The Morgan fingerprint density at radius 1 is 0.540 bits per heavy atom. The molecule has 0 spiro atoms. The molecule has 4 atom stereocenters. The summed E-state index contributed by atoms with van der Waals surface area (Å²) in [5, 5.41) is 24.2. The van der Waals surface area contributed by atoms with Gasteiger partial charge in [-0.05, 0) is 57.8 Å². The van der Waals surface area contributed by atoms with E-state index in [0.29, 0.717) is 12.8 Å². The molecule has 0 aliphatic carbocycles. The standard InChI is InChI=1S/C53H103N2O7P/c1-3-5-7-9-11-13-15-17-19-21-23-25-26-28-30-32-34-36-38-40-42-44-50(56)48-53(58)55-51(49-62-63(59,60)61-47-46-54)52(57)45-43-41-39-37-35-33-31-29-27-24-22-20-18-16-14-12-10-8-6-4-2/h28,30,35,37,43,45,50-52,56-57H,3-27,29,31-34,36,38-42,44,46-49,54H2,1-2H3,(H,55,58)(H,59,60)/b30-28-,37-35+,45-43+. The zero-order valence-electron chi connectivity index (χ0n) is 41.2. The van der Waals surface area contributed by atoms with Crippen molar-refractivity contribution in [2.24, 2.45) is 5.73 Å². The number of carbonyl (C=O) groups excluding carboxylic acids is 1. The molecule has 9 nitrogen and oxygen atoms in total. The number of nitrogens with one attached hydrogen (secondary N) is 1. The molecule has 0 aromatic rings. The van der Waals surface area contributed by atoms with Crippen LogP contribution in [0.25, 0.3) is 0 Å². The number of hydrogen-bond acceptors (Lipinski definition) is 7. The molecule has 6 N–H and O–H groups in total. The minimum Gasteiger partial charge on any atom is -0.393 e. The van der Waals surface area contributed by atoms with Crippen molar-refractivity contribution in [1.29, 1.82) is 0 Å². The Bertz CT molecular complexity index is 1100. The van der Waals surface area contributed by atoms with Gasteiger partial charge in [-0.15, -0.1) is 0 Å². The minimum absolute atomic E-state index is 0.0438. The Labute approximate surface area is 389 Å². The van der Waals surface area contributed by atoms with Gasteiger partial charge < -0.3 is 26.2 Å². The Morgan fingerprint density at radius 3 is 1.32 bits per heavy atom. The monoisotopic (exact) mass is 911 g/mol. The highest BCUT2D eigenvalue weighted by atomic mass is 31.2. The van der Waals surface area contributed by atoms with Gasteiger partial charge >= 0.3 is 7.82 Å². The van der Waals surface area contributed by atoms with E-state index in [4.69, 9.17) is 14.8 Å². The molecule has 0 heterocycles. The van der Waals surface area contributed by atoms with Crippen molar-refractivity contribution in [2.45, 2.75) is 276 Å². The summed E-state index contributed by atoms with van der Waals surface area (Å²) in [6.45, 7) is 3.98. The van der Waals surface area contributed by atoms with Crippen LogP contribution < -0.4 is 11.1 Å². The van der Waals surface area contributed by atoms with Crippen molar-refractivity contribution in [3.05, 3.63) is 36.5 Å². The summed E-state index contributed by atoms with van der Waals surface area (Å²) in [6.07, 6.45) is 56.8. The van der Waals surface area contributed by atoms with Crippen LogP contribution in [0.1, 0.15) is 258 Å². The summed E-state index contributed by atoms with van der Waals surface area (Å²) in [4.78, 5) is 22.9. The number of rotatable bonds is 50. The molecular weight excluding hydrogens is 808 g/mol. The van der Waals surface area contributed by atoms with Crippen LogP contribution in [-0.2, 0) is 18.4 Å². The van der Waals surface area contributed by atoms with Gasteiger partial charge in [-0.1, -0.05) is 230 Å². The Morgan fingerprint density at radius 2 is 0.905 bits per heavy atom. The third-order valence-electron chi connectivity index (χ3n) is 12.0. The second kappa shape index (κ2) is 48.6. The molecule has 0 aliphatic heterocycles. The lowest BCUT2D eigenvalue weighted by atomic mass is 10.0. The predicted molar refractivity (Wildman–Crippen MR) is 269 cm³/mol. The van der Waals surface area contributed by atoms with E-state index in [-0.39, 0.29) is 19.6 Å². The van der Waals surface area contributed by atoms with Crippen molar-refractivity contribution in [3.63, 3.8) is 0 Å². The summed E-state index contributed by atoms with van der Waals surface area (Å²) in [7, 11) is -4.42. The summed E-state index contributed by atoms with van der Waals surface area (Å²) >= 11 is 0. The molecule has 0 rings (SSSR count). The third-order valence-corrected chi connectivity index (χ3v) is 13.0. The van der Waals surface area contributed by atoms with Crippen molar-refractivity contribution in [3.8, 4) is 0 Å². The summed E-state index contributed by atoms with van der Waals surface area (Å²) in [6, 6.07) is -1.00. The van der Waals surface area contributed by atoms with Gasteiger partial charge in [0.15, 0.2) is 0 Å². The van der Waals surface area contributed by atoms with E-state index in [9.17, 15) is 24.5 Å². The number of aliphatic hydroxyl groups is 2. The number of allylic oxidation sites excluding steroid dienone is 5. The lowest BCUT2D eigenvalue weighted by Crippen LogP contribution is -2.46. The fraction of sp³-hybridized carbons (Fsp3) is 0.868. The van der Waals surface area contributed by atoms with Gasteiger partial charge in [0.2, 0.25) is 5.91 Å². The average Bonchev–Trinajstić information content (AvgIpc) is 3.26. The molecule has 0 saturated heterocycles. The Hall–Kier alpha value is -1.32. The third kappa shape index (κ3) is 47.0. The van der Waals surface area contributed by atoms with E-state index in [1.165, 1.54) is 180 Å². The summed E-state index contributed by atoms with van der Waals surface area (Å²) in [5.74, 6) is -0.457. The Balaban J connectivity index is 4.21. The van der Waals surface area contributed by atoms with Gasteiger partial charge in [0.05, 0.1) is 37.9 Å². The largest absolute Gasteiger partial charge is 0.472 e. The molecule has 0 fully saturated rings. The molecule has 0 bridgehead atoms. The van der Waals surface area contributed by atoms with Gasteiger partial charge in [0.25, 0.3) is 0 Å². The van der Waals surface area contributed by atoms with E-state index in [1.807, 2.05) is 6.08 Å². The molecule has 372 valence electrons. The zero-order valence-corrected chi connectivity index (χ0v) is 42.1. The van der Waals surface area contributed by atoms with Crippen LogP contribution in [0, 0.1) is 0 Å². The first-order chi connectivity index (χ1) is 30.8. The quantitative estimate of drug-likeness (QED) is 0.0230. The van der Waals surface area contributed by atoms with Crippen LogP contribution in [-0.4, -0.2) is 59.0 Å². The molecule has 0 radical (unpaired) electrons. The van der Waals surface area contributed by atoms with Crippen molar-refractivity contribution < 1.29 is 33.5 Å². The number of nitrogens with two attached hydrogens (primary N) is 1. The average molecular weight is 911 g/mol. The number of unbranched alkanes of at least 4 members (excludes halogenated alkanes) is 32. The highest BCUT2D eigenvalue weighted by Gasteiger charge is 2.27. The van der Waals surface area contributed by atoms with Crippen molar-refractivity contribution in [2.75, 3.05) is 19.8 Å². The molecule has 0 aliphatic rings. The molecule has 63 heavy (non-hydrogen) atoms. The second-order valence-electron chi connectivity index (χ2n) is 18.3. The SMILES string of the molecule is CCCCCCCCCCCCCC/C=C\CCCCCCCC(O)CC(=O)NC(COP(=O)(O)OCCN)C(O)/C=C/CC/C=C/CCCCCCCCCCCCCCCC. The molecule has 0 saturated carbocycles. The highest BCUT2D eigenvalue weighted by molar-refractivity contribution is 7.47. The van der Waals surface area contributed by atoms with Crippen LogP contribution in [0.15, 0.2) is 36.5 Å². The topological polar surface area (TPSA) is 151 Å². The van der Waals surface area contributed by atoms with Crippen LogP contribution in [0.3, 0.4) is 0 Å². The summed E-state index contributed by atoms with van der Waals surface area (Å²) in [5.41, 5.74) is 5.38. The van der Waals surface area contributed by atoms with Crippen LogP contribution in [0.4, 0.5) is 0 Å². The highest BCUT2D eigenvalue weighted by Crippen LogP contribution is 2.43. The number of hydrogen-bond donors (Lipinski definition) is 5. The smallest absolute Gasteiger partial charge is 0.393 e. The number of aliphatic hydroxyl groups excluding tert-OH is 2. The maximum atomic E-state index is 12.9. The minimum atomic E-state index is -4.42. The maximum Gasteiger partial charge on any atom is 0.472 e. The lowest BCUT2D eigenvalue weighted by Gasteiger charge is -2.24. The van der Waals surface area contributed by atoms with Crippen LogP contribution in [0.5, 0.6) is 0 Å².